The third-order valence-corrected chi connectivity index (χ3v) is 5.21. The topological polar surface area (TPSA) is 84.9 Å². The van der Waals surface area contributed by atoms with Gasteiger partial charge in [0.05, 0.1) is 18.0 Å². The number of carbonyl (C=O) groups is 1. The largest absolute Gasteiger partial charge is 0.385 e. The minimum atomic E-state index is -0.900. The van der Waals surface area contributed by atoms with E-state index in [0.717, 1.165) is 10.5 Å². The maximum atomic E-state index is 12.4. The highest BCUT2D eigenvalue weighted by Crippen LogP contribution is 2.30. The first-order valence-corrected chi connectivity index (χ1v) is 8.85. The third-order valence-electron chi connectivity index (χ3n) is 4.96. The van der Waals surface area contributed by atoms with Crippen molar-refractivity contribution in [3.8, 4) is 0 Å². The van der Waals surface area contributed by atoms with E-state index in [1.165, 1.54) is 18.2 Å². The van der Waals surface area contributed by atoms with Crippen LogP contribution in [0.4, 0.5) is 5.69 Å². The highest BCUT2D eigenvalue weighted by molar-refractivity contribution is 6.30. The number of Topliss-reactive ketones (excluding diaryl/α,β-unsaturated/α-hetero) is 1. The van der Waals surface area contributed by atoms with Crippen LogP contribution in [-0.2, 0) is 5.60 Å². The van der Waals surface area contributed by atoms with Gasteiger partial charge in [0, 0.05) is 35.6 Å². The molecule has 0 radical (unpaired) electrons. The molecule has 2 aromatic rings. The minimum absolute atomic E-state index is 0.0818. The van der Waals surface area contributed by atoms with Gasteiger partial charge in [0.25, 0.3) is 5.69 Å². The molecule has 2 N–H and O–H groups in total. The van der Waals surface area contributed by atoms with Gasteiger partial charge in [-0.2, -0.15) is 0 Å². The molecule has 0 saturated carbocycles. The van der Waals surface area contributed by atoms with Crippen molar-refractivity contribution in [2.75, 3.05) is 19.6 Å². The number of hydrogen-bond acceptors (Lipinski definition) is 4. The lowest BCUT2D eigenvalue weighted by Crippen LogP contribution is -3.14. The van der Waals surface area contributed by atoms with E-state index in [4.69, 9.17) is 11.6 Å². The number of nitro benzene ring substituents is 1. The Morgan fingerprint density at radius 1 is 1.19 bits per heavy atom. The van der Waals surface area contributed by atoms with Gasteiger partial charge in [-0.05, 0) is 17.7 Å². The van der Waals surface area contributed by atoms with E-state index in [1.54, 1.807) is 18.2 Å². The van der Waals surface area contributed by atoms with Crippen LogP contribution < -0.4 is 4.90 Å². The molecule has 0 atom stereocenters. The number of rotatable bonds is 5. The molecule has 1 heterocycles. The Hall–Kier alpha value is -2.28. The lowest BCUT2D eigenvalue weighted by molar-refractivity contribution is -0.899. The Labute approximate surface area is 156 Å². The molecule has 136 valence electrons. The molecule has 0 spiro atoms. The van der Waals surface area contributed by atoms with Gasteiger partial charge in [0.1, 0.15) is 12.1 Å². The van der Waals surface area contributed by atoms with E-state index >= 15 is 0 Å². The van der Waals surface area contributed by atoms with E-state index in [9.17, 15) is 20.0 Å². The normalized spacial score (nSPS) is 22.8. The smallest absolute Gasteiger partial charge is 0.270 e. The number of piperidine rings is 1. The van der Waals surface area contributed by atoms with E-state index in [0.29, 0.717) is 36.5 Å². The van der Waals surface area contributed by atoms with Gasteiger partial charge in [-0.15, -0.1) is 0 Å². The van der Waals surface area contributed by atoms with Gasteiger partial charge in [0.15, 0.2) is 0 Å². The standard InChI is InChI=1S/C19H19ClN2O4/c20-16-6-4-15(5-7-16)19(24)8-10-21(11-9-19)13-18(23)14-2-1-3-17(12-14)22(25)26/h1-7,12,24H,8-11,13H2/p+1. The molecule has 0 aromatic heterocycles. The predicted molar refractivity (Wildman–Crippen MR) is 97.6 cm³/mol. The van der Waals surface area contributed by atoms with Crippen molar-refractivity contribution in [3.63, 3.8) is 0 Å². The number of likely N-dealkylation sites (tertiary alicyclic amines) is 1. The van der Waals surface area contributed by atoms with Crippen LogP contribution in [0.3, 0.4) is 0 Å². The van der Waals surface area contributed by atoms with Gasteiger partial charge in [-0.3, -0.25) is 14.9 Å². The summed E-state index contributed by atoms with van der Waals surface area (Å²) in [5.41, 5.74) is 0.209. The summed E-state index contributed by atoms with van der Waals surface area (Å²) in [6.45, 7) is 1.57. The summed E-state index contributed by atoms with van der Waals surface area (Å²) < 4.78 is 0. The summed E-state index contributed by atoms with van der Waals surface area (Å²) in [6, 6.07) is 13.0. The maximum absolute atomic E-state index is 12.4. The molecule has 1 fully saturated rings. The summed E-state index contributed by atoms with van der Waals surface area (Å²) in [5, 5.41) is 22.4. The van der Waals surface area contributed by atoms with Crippen molar-refractivity contribution in [3.05, 3.63) is 74.8 Å². The quantitative estimate of drug-likeness (QED) is 0.475. The SMILES string of the molecule is O=C(C[NH+]1CCC(O)(c2ccc(Cl)cc2)CC1)c1cccc([N+](=O)[O-])c1. The van der Waals surface area contributed by atoms with Crippen molar-refractivity contribution in [2.24, 2.45) is 0 Å². The second kappa shape index (κ2) is 7.53. The van der Waals surface area contributed by atoms with Crippen LogP contribution in [-0.4, -0.2) is 35.4 Å². The van der Waals surface area contributed by atoms with Crippen LogP contribution in [0.5, 0.6) is 0 Å². The van der Waals surface area contributed by atoms with Gasteiger partial charge in [-0.1, -0.05) is 35.9 Å². The number of halogens is 1. The fourth-order valence-corrected chi connectivity index (χ4v) is 3.49. The van der Waals surface area contributed by atoms with Gasteiger partial charge < -0.3 is 10.0 Å². The summed E-state index contributed by atoms with van der Waals surface area (Å²) >= 11 is 5.90. The fourth-order valence-electron chi connectivity index (χ4n) is 3.36. The van der Waals surface area contributed by atoms with Gasteiger partial charge in [-0.25, -0.2) is 0 Å². The van der Waals surface area contributed by atoms with E-state index in [2.05, 4.69) is 0 Å². The number of non-ortho nitro benzene ring substituents is 1. The number of nitro groups is 1. The average molecular weight is 376 g/mol. The van der Waals surface area contributed by atoms with Crippen molar-refractivity contribution >= 4 is 23.1 Å². The predicted octanol–water partition coefficient (Wildman–Crippen LogP) is 2.00. The highest BCUT2D eigenvalue weighted by atomic mass is 35.5. The number of hydrogen-bond donors (Lipinski definition) is 2. The molecule has 7 heteroatoms. The number of benzene rings is 2. The first-order valence-electron chi connectivity index (χ1n) is 8.47. The monoisotopic (exact) mass is 375 g/mol. The van der Waals surface area contributed by atoms with Crippen LogP contribution >= 0.6 is 11.6 Å². The van der Waals surface area contributed by atoms with Crippen LogP contribution in [0, 0.1) is 10.1 Å². The molecule has 1 aliphatic rings. The Bertz CT molecular complexity index is 815. The van der Waals surface area contributed by atoms with Gasteiger partial charge >= 0.3 is 0 Å². The summed E-state index contributed by atoms with van der Waals surface area (Å²) in [5.74, 6) is -0.124. The molecule has 0 amide bonds. The number of ketones is 1. The molecule has 0 bridgehead atoms. The van der Waals surface area contributed by atoms with Crippen molar-refractivity contribution < 1.29 is 19.7 Å². The van der Waals surface area contributed by atoms with Crippen molar-refractivity contribution in [1.29, 1.82) is 0 Å². The van der Waals surface area contributed by atoms with E-state index in [1.807, 2.05) is 12.1 Å². The molecular weight excluding hydrogens is 356 g/mol. The molecule has 26 heavy (non-hydrogen) atoms. The van der Waals surface area contributed by atoms with Gasteiger partial charge in [0.2, 0.25) is 5.78 Å². The second-order valence-electron chi connectivity index (χ2n) is 6.70. The Morgan fingerprint density at radius 3 is 2.46 bits per heavy atom. The van der Waals surface area contributed by atoms with Crippen molar-refractivity contribution in [1.82, 2.24) is 0 Å². The minimum Gasteiger partial charge on any atom is -0.385 e. The van der Waals surface area contributed by atoms with Crippen LogP contribution in [0.15, 0.2) is 48.5 Å². The lowest BCUT2D eigenvalue weighted by Gasteiger charge is -2.36. The number of carbonyl (C=O) groups excluding carboxylic acids is 1. The highest BCUT2D eigenvalue weighted by Gasteiger charge is 2.36. The number of aliphatic hydroxyl groups is 1. The Morgan fingerprint density at radius 2 is 1.85 bits per heavy atom. The summed E-state index contributed by atoms with van der Waals surface area (Å²) in [6.07, 6.45) is 1.10. The van der Waals surface area contributed by atoms with Crippen LogP contribution in [0.25, 0.3) is 0 Å². The second-order valence-corrected chi connectivity index (χ2v) is 7.13. The molecule has 1 aliphatic heterocycles. The molecule has 6 nitrogen and oxygen atoms in total. The number of quaternary nitrogens is 1. The van der Waals surface area contributed by atoms with Crippen molar-refractivity contribution in [2.45, 2.75) is 18.4 Å². The molecule has 1 saturated heterocycles. The number of nitrogens with zero attached hydrogens (tertiary/aromatic N) is 1. The number of nitrogens with one attached hydrogen (secondary N) is 1. The first-order chi connectivity index (χ1) is 12.4. The summed E-state index contributed by atoms with van der Waals surface area (Å²) in [4.78, 5) is 23.8. The Balaban J connectivity index is 1.61. The first kappa shape index (κ1) is 18.5. The summed E-state index contributed by atoms with van der Waals surface area (Å²) in [7, 11) is 0. The molecular formula is C19H20ClN2O4+. The molecule has 2 aromatic carbocycles. The fraction of sp³-hybridized carbons (Fsp3) is 0.316. The zero-order valence-electron chi connectivity index (χ0n) is 14.2. The van der Waals surface area contributed by atoms with E-state index in [-0.39, 0.29) is 18.0 Å². The zero-order chi connectivity index (χ0) is 18.7. The average Bonchev–Trinajstić information content (AvgIpc) is 2.64. The zero-order valence-corrected chi connectivity index (χ0v) is 14.9. The molecule has 0 aliphatic carbocycles. The van der Waals surface area contributed by atoms with Crippen LogP contribution in [0.1, 0.15) is 28.8 Å². The van der Waals surface area contributed by atoms with E-state index < -0.39 is 10.5 Å². The molecule has 0 unspecified atom stereocenters. The molecule has 3 rings (SSSR count). The third kappa shape index (κ3) is 4.09. The van der Waals surface area contributed by atoms with Crippen LogP contribution in [0.2, 0.25) is 5.02 Å². The maximum Gasteiger partial charge on any atom is 0.270 e. The lowest BCUT2D eigenvalue weighted by atomic mass is 9.84. The Kier molecular flexibility index (Phi) is 5.36.